The summed E-state index contributed by atoms with van der Waals surface area (Å²) in [6.07, 6.45) is -3.45. The Balaban J connectivity index is 1.96. The summed E-state index contributed by atoms with van der Waals surface area (Å²) in [6.45, 7) is -0.151. The summed E-state index contributed by atoms with van der Waals surface area (Å²) in [7, 11) is 3.57. The zero-order valence-corrected chi connectivity index (χ0v) is 13.7. The van der Waals surface area contributed by atoms with Gasteiger partial charge in [-0.3, -0.25) is 9.48 Å². The third-order valence-corrected chi connectivity index (χ3v) is 3.59. The second kappa shape index (κ2) is 7.64. The van der Waals surface area contributed by atoms with Gasteiger partial charge in [0.1, 0.15) is 12.4 Å². The van der Waals surface area contributed by atoms with Gasteiger partial charge in [-0.2, -0.15) is 18.3 Å². The third kappa shape index (κ3) is 5.28. The quantitative estimate of drug-likeness (QED) is 0.807. The van der Waals surface area contributed by atoms with E-state index in [9.17, 15) is 22.4 Å². The second-order valence-electron chi connectivity index (χ2n) is 5.73. The zero-order chi connectivity index (χ0) is 18.6. The molecule has 0 fully saturated rings. The van der Waals surface area contributed by atoms with E-state index in [1.807, 2.05) is 4.90 Å². The van der Waals surface area contributed by atoms with Gasteiger partial charge in [-0.1, -0.05) is 12.1 Å². The van der Waals surface area contributed by atoms with Gasteiger partial charge in [0.05, 0.1) is 6.04 Å². The van der Waals surface area contributed by atoms with Crippen molar-refractivity contribution in [1.82, 2.24) is 20.0 Å². The molecule has 1 heterocycles. The normalized spacial score (nSPS) is 13.1. The van der Waals surface area contributed by atoms with Gasteiger partial charge in [0.2, 0.25) is 5.91 Å². The molecule has 1 N–H and O–H groups in total. The Labute approximate surface area is 142 Å². The number of rotatable bonds is 6. The fraction of sp³-hybridized carbons (Fsp3) is 0.375. The van der Waals surface area contributed by atoms with Crippen LogP contribution in [-0.4, -0.2) is 41.2 Å². The van der Waals surface area contributed by atoms with Crippen LogP contribution in [0, 0.1) is 5.82 Å². The predicted molar refractivity (Wildman–Crippen MR) is 83.1 cm³/mol. The standard InChI is InChI=1S/C16H18F4N4O/c1-23(2)13(11-4-3-5-12(17)8-11)9-21-15(25)10-24-7-6-14(22-24)16(18,19)20/h3-8,13H,9-10H2,1-2H3,(H,21,25). The predicted octanol–water partition coefficient (Wildman–Crippen LogP) is 2.46. The number of nitrogens with zero attached hydrogens (tertiary/aromatic N) is 3. The molecule has 1 amide bonds. The van der Waals surface area contributed by atoms with Gasteiger partial charge >= 0.3 is 6.18 Å². The van der Waals surface area contributed by atoms with E-state index in [2.05, 4.69) is 10.4 Å². The van der Waals surface area contributed by atoms with Gasteiger partial charge in [-0.15, -0.1) is 0 Å². The Morgan fingerprint density at radius 1 is 1.32 bits per heavy atom. The van der Waals surface area contributed by atoms with Gasteiger partial charge in [0.25, 0.3) is 0 Å². The number of likely N-dealkylation sites (N-methyl/N-ethyl adjacent to an activating group) is 1. The van der Waals surface area contributed by atoms with E-state index in [4.69, 9.17) is 0 Å². The maximum atomic E-state index is 13.4. The fourth-order valence-corrected chi connectivity index (χ4v) is 2.33. The molecule has 1 aromatic heterocycles. The number of hydrogen-bond donors (Lipinski definition) is 1. The lowest BCUT2D eigenvalue weighted by Crippen LogP contribution is -2.36. The Morgan fingerprint density at radius 2 is 2.04 bits per heavy atom. The Hall–Kier alpha value is -2.42. The van der Waals surface area contributed by atoms with Crippen molar-refractivity contribution in [1.29, 1.82) is 0 Å². The van der Waals surface area contributed by atoms with Crippen molar-refractivity contribution in [3.05, 3.63) is 53.6 Å². The maximum absolute atomic E-state index is 13.4. The van der Waals surface area contributed by atoms with Crippen LogP contribution in [0.2, 0.25) is 0 Å². The summed E-state index contributed by atoms with van der Waals surface area (Å²) in [5.41, 5.74) is -0.366. The summed E-state index contributed by atoms with van der Waals surface area (Å²) in [5, 5.41) is 5.96. The Kier molecular flexibility index (Phi) is 5.78. The fourth-order valence-electron chi connectivity index (χ4n) is 2.33. The second-order valence-corrected chi connectivity index (χ2v) is 5.73. The molecule has 2 aromatic rings. The van der Waals surface area contributed by atoms with Gasteiger partial charge in [-0.05, 0) is 37.9 Å². The van der Waals surface area contributed by atoms with Crippen LogP contribution in [0.3, 0.4) is 0 Å². The van der Waals surface area contributed by atoms with E-state index < -0.39 is 17.8 Å². The molecule has 0 saturated heterocycles. The number of benzene rings is 1. The number of amides is 1. The SMILES string of the molecule is CN(C)C(CNC(=O)Cn1ccc(C(F)(F)F)n1)c1cccc(F)c1. The summed E-state index contributed by atoms with van der Waals surface area (Å²) in [6, 6.07) is 6.55. The molecule has 0 bridgehead atoms. The van der Waals surface area contributed by atoms with Crippen LogP contribution in [-0.2, 0) is 17.5 Å². The molecule has 136 valence electrons. The van der Waals surface area contributed by atoms with Crippen molar-refractivity contribution in [2.45, 2.75) is 18.8 Å². The molecule has 5 nitrogen and oxygen atoms in total. The Morgan fingerprint density at radius 3 is 2.60 bits per heavy atom. The van der Waals surface area contributed by atoms with Crippen molar-refractivity contribution in [3.8, 4) is 0 Å². The molecule has 0 saturated carbocycles. The number of carbonyl (C=O) groups excluding carboxylic acids is 1. The van der Waals surface area contributed by atoms with Crippen molar-refractivity contribution in [2.75, 3.05) is 20.6 Å². The Bertz CT molecular complexity index is 727. The van der Waals surface area contributed by atoms with E-state index in [0.29, 0.717) is 5.56 Å². The monoisotopic (exact) mass is 358 g/mol. The molecule has 0 aliphatic rings. The lowest BCUT2D eigenvalue weighted by molar-refractivity contribution is -0.141. The van der Waals surface area contributed by atoms with Crippen LogP contribution in [0.4, 0.5) is 17.6 Å². The molecule has 1 atom stereocenters. The van der Waals surface area contributed by atoms with E-state index in [-0.39, 0.29) is 24.9 Å². The highest BCUT2D eigenvalue weighted by Crippen LogP contribution is 2.27. The van der Waals surface area contributed by atoms with Crippen LogP contribution in [0.25, 0.3) is 0 Å². The van der Waals surface area contributed by atoms with Crippen LogP contribution in [0.1, 0.15) is 17.3 Å². The van der Waals surface area contributed by atoms with E-state index >= 15 is 0 Å². The summed E-state index contributed by atoms with van der Waals surface area (Å²) >= 11 is 0. The average molecular weight is 358 g/mol. The molecule has 2 rings (SSSR count). The topological polar surface area (TPSA) is 50.2 Å². The zero-order valence-electron chi connectivity index (χ0n) is 13.7. The van der Waals surface area contributed by atoms with Gasteiger partial charge in [0.15, 0.2) is 5.69 Å². The van der Waals surface area contributed by atoms with E-state index in [1.165, 1.54) is 12.1 Å². The molecule has 0 aliphatic carbocycles. The molecule has 0 spiro atoms. The molecule has 1 unspecified atom stereocenters. The first kappa shape index (κ1) is 18.9. The highest BCUT2D eigenvalue weighted by atomic mass is 19.4. The number of carbonyl (C=O) groups is 1. The van der Waals surface area contributed by atoms with Crippen LogP contribution >= 0.6 is 0 Å². The highest BCUT2D eigenvalue weighted by Gasteiger charge is 2.33. The average Bonchev–Trinajstić information content (AvgIpc) is 2.95. The molecule has 0 aliphatic heterocycles. The van der Waals surface area contributed by atoms with Crippen LogP contribution in [0.15, 0.2) is 36.5 Å². The first-order valence-corrected chi connectivity index (χ1v) is 7.46. The van der Waals surface area contributed by atoms with Crippen molar-refractivity contribution in [2.24, 2.45) is 0 Å². The summed E-state index contributed by atoms with van der Waals surface area (Å²) < 4.78 is 51.8. The van der Waals surface area contributed by atoms with Crippen LogP contribution < -0.4 is 5.32 Å². The van der Waals surface area contributed by atoms with Gasteiger partial charge in [-0.25, -0.2) is 4.39 Å². The first-order valence-electron chi connectivity index (χ1n) is 7.46. The molecule has 1 aromatic carbocycles. The smallest absolute Gasteiger partial charge is 0.353 e. The number of halogens is 4. The van der Waals surface area contributed by atoms with Gasteiger partial charge < -0.3 is 10.2 Å². The number of hydrogen-bond acceptors (Lipinski definition) is 3. The molecular formula is C16H18F4N4O. The molecule has 0 radical (unpaired) electrons. The minimum absolute atomic E-state index is 0.183. The van der Waals surface area contributed by atoms with Crippen LogP contribution in [0.5, 0.6) is 0 Å². The lowest BCUT2D eigenvalue weighted by Gasteiger charge is -2.25. The number of alkyl halides is 3. The lowest BCUT2D eigenvalue weighted by atomic mass is 10.1. The van der Waals surface area contributed by atoms with E-state index in [0.717, 1.165) is 16.9 Å². The minimum atomic E-state index is -4.55. The number of aromatic nitrogens is 2. The summed E-state index contributed by atoms with van der Waals surface area (Å²) in [4.78, 5) is 13.8. The van der Waals surface area contributed by atoms with E-state index in [1.54, 1.807) is 26.2 Å². The third-order valence-electron chi connectivity index (χ3n) is 3.59. The van der Waals surface area contributed by atoms with Crippen molar-refractivity contribution < 1.29 is 22.4 Å². The highest BCUT2D eigenvalue weighted by molar-refractivity contribution is 5.75. The maximum Gasteiger partial charge on any atom is 0.435 e. The first-order chi connectivity index (χ1) is 11.7. The number of nitrogens with one attached hydrogen (secondary N) is 1. The largest absolute Gasteiger partial charge is 0.435 e. The molecule has 25 heavy (non-hydrogen) atoms. The summed E-state index contributed by atoms with van der Waals surface area (Å²) in [5.74, 6) is -0.869. The van der Waals surface area contributed by atoms with Crippen molar-refractivity contribution in [3.63, 3.8) is 0 Å². The van der Waals surface area contributed by atoms with Gasteiger partial charge in [0, 0.05) is 12.7 Å². The molecular weight excluding hydrogens is 340 g/mol. The molecule has 9 heteroatoms. The van der Waals surface area contributed by atoms with Crippen molar-refractivity contribution >= 4 is 5.91 Å². The minimum Gasteiger partial charge on any atom is -0.353 e.